The summed E-state index contributed by atoms with van der Waals surface area (Å²) in [5.74, 6) is 0.118. The minimum Gasteiger partial charge on any atom is -0.508 e. The minimum absolute atomic E-state index is 0.118. The molecule has 0 amide bonds. The molecule has 8 heteroatoms. The number of anilines is 1. The lowest BCUT2D eigenvalue weighted by Crippen LogP contribution is -2.37. The smallest absolute Gasteiger partial charge is 0.331 e. The number of aromatic hydroxyl groups is 1. The van der Waals surface area contributed by atoms with Crippen LogP contribution in [0.25, 0.3) is 27.8 Å². The molecule has 1 atom stereocenters. The molecule has 5 aromatic rings. The number of nitrogens with one attached hydrogen (secondary N) is 1. The molecule has 7 nitrogen and oxygen atoms in total. The van der Waals surface area contributed by atoms with Gasteiger partial charge in [0.1, 0.15) is 5.75 Å². The van der Waals surface area contributed by atoms with E-state index in [1.165, 1.54) is 11.6 Å². The fourth-order valence-corrected chi connectivity index (χ4v) is 5.19. The van der Waals surface area contributed by atoms with Gasteiger partial charge in [-0.15, -0.1) is 0 Å². The number of hydrogen-bond donors (Lipinski definition) is 2. The summed E-state index contributed by atoms with van der Waals surface area (Å²) in [6.45, 7) is 0. The van der Waals surface area contributed by atoms with Gasteiger partial charge in [0, 0.05) is 24.7 Å². The Hall–Kier alpha value is -4.23. The van der Waals surface area contributed by atoms with Crippen molar-refractivity contribution in [2.75, 3.05) is 5.32 Å². The van der Waals surface area contributed by atoms with Crippen LogP contribution in [0.4, 0.5) is 5.69 Å². The van der Waals surface area contributed by atoms with Gasteiger partial charge in [0.25, 0.3) is 5.56 Å². The minimum atomic E-state index is -0.521. The van der Waals surface area contributed by atoms with Crippen molar-refractivity contribution < 1.29 is 5.11 Å². The van der Waals surface area contributed by atoms with Crippen molar-refractivity contribution in [3.8, 4) is 22.7 Å². The van der Waals surface area contributed by atoms with Gasteiger partial charge in [-0.05, 0) is 35.9 Å². The van der Waals surface area contributed by atoms with Gasteiger partial charge in [-0.2, -0.15) is 0 Å². The van der Waals surface area contributed by atoms with Crippen LogP contribution in [0.2, 0.25) is 5.02 Å². The molecule has 0 bridgehead atoms. The molecule has 0 saturated carbocycles. The number of hydrogen-bond acceptors (Lipinski definition) is 4. The van der Waals surface area contributed by atoms with E-state index < -0.39 is 11.7 Å². The van der Waals surface area contributed by atoms with E-state index in [2.05, 4.69) is 5.32 Å². The van der Waals surface area contributed by atoms with Crippen molar-refractivity contribution in [3.05, 3.63) is 110 Å². The first kappa shape index (κ1) is 21.3. The van der Waals surface area contributed by atoms with Crippen LogP contribution in [-0.4, -0.2) is 18.8 Å². The van der Waals surface area contributed by atoms with Crippen LogP contribution in [-0.2, 0) is 14.1 Å². The van der Waals surface area contributed by atoms with E-state index in [0.717, 1.165) is 21.5 Å². The molecule has 0 aliphatic carbocycles. The largest absolute Gasteiger partial charge is 0.508 e. The lowest BCUT2D eigenvalue weighted by atomic mass is 9.98. The molecule has 0 saturated heterocycles. The Kier molecular flexibility index (Phi) is 4.66. The molecule has 6 rings (SSSR count). The van der Waals surface area contributed by atoms with Gasteiger partial charge in [-0.1, -0.05) is 54.1 Å². The number of rotatable bonds is 2. The maximum Gasteiger partial charge on any atom is 0.331 e. The number of halogens is 1. The van der Waals surface area contributed by atoms with Crippen molar-refractivity contribution in [2.45, 2.75) is 6.04 Å². The quantitative estimate of drug-likeness (QED) is 0.384. The third-order valence-electron chi connectivity index (χ3n) is 6.69. The van der Waals surface area contributed by atoms with E-state index in [1.54, 1.807) is 31.3 Å². The number of nitrogens with zero attached hydrogens (tertiary/aromatic N) is 3. The fraction of sp³-hybridized carbons (Fsp3) is 0.111. The third-order valence-corrected chi connectivity index (χ3v) is 6.94. The molecule has 3 aromatic carbocycles. The van der Waals surface area contributed by atoms with Crippen LogP contribution in [0.1, 0.15) is 17.3 Å². The van der Waals surface area contributed by atoms with Gasteiger partial charge < -0.3 is 15.0 Å². The second-order valence-corrected chi connectivity index (χ2v) is 9.10. The van der Waals surface area contributed by atoms with Gasteiger partial charge in [-0.25, -0.2) is 4.79 Å². The number of phenolic OH excluding ortho intramolecular Hbond substituents is 1. The first-order valence-electron chi connectivity index (χ1n) is 11.1. The zero-order valence-corrected chi connectivity index (χ0v) is 19.7. The second-order valence-electron chi connectivity index (χ2n) is 8.66. The lowest BCUT2D eigenvalue weighted by Gasteiger charge is -2.31. The number of aryl methyl sites for hydroxylation is 1. The zero-order valence-electron chi connectivity index (χ0n) is 19.0. The second kappa shape index (κ2) is 7.65. The molecule has 2 aromatic heterocycles. The molecule has 1 aliphatic rings. The van der Waals surface area contributed by atoms with Crippen LogP contribution >= 0.6 is 11.6 Å². The molecule has 2 N–H and O–H groups in total. The number of phenols is 1. The molecular formula is C27H21ClN4O3. The predicted octanol–water partition coefficient (Wildman–Crippen LogP) is 4.57. The van der Waals surface area contributed by atoms with Crippen LogP contribution < -0.4 is 16.6 Å². The topological polar surface area (TPSA) is 81.2 Å². The average molecular weight is 485 g/mol. The predicted molar refractivity (Wildman–Crippen MR) is 138 cm³/mol. The number of para-hydroxylation sites is 3. The normalized spacial score (nSPS) is 14.4. The monoisotopic (exact) mass is 484 g/mol. The zero-order chi connectivity index (χ0) is 24.4. The summed E-state index contributed by atoms with van der Waals surface area (Å²) in [6, 6.07) is 21.6. The van der Waals surface area contributed by atoms with Crippen LogP contribution in [0, 0.1) is 0 Å². The van der Waals surface area contributed by atoms with Gasteiger partial charge in [0.2, 0.25) is 0 Å². The van der Waals surface area contributed by atoms with Crippen LogP contribution in [0.15, 0.2) is 82.4 Å². The molecule has 35 heavy (non-hydrogen) atoms. The standard InChI is InChI=1S/C27H21ClN4O3/c1-30-24-21(26(34)31(2)27(30)35)23(15-11-13-16(28)14-12-15)32-19-9-5-4-8-18(19)29-22(25(24)32)17-7-3-6-10-20(17)33/h3-14,22,29,33H,1-2H3/t22-/m1/s1. The molecular weight excluding hydrogens is 464 g/mol. The molecule has 0 unspecified atom stereocenters. The highest BCUT2D eigenvalue weighted by Crippen LogP contribution is 2.46. The Morgan fingerprint density at radius 3 is 2.31 bits per heavy atom. The molecule has 1 aliphatic heterocycles. The summed E-state index contributed by atoms with van der Waals surface area (Å²) in [5, 5.41) is 15.3. The van der Waals surface area contributed by atoms with E-state index >= 15 is 0 Å². The van der Waals surface area contributed by atoms with Crippen LogP contribution in [0.3, 0.4) is 0 Å². The van der Waals surface area contributed by atoms with Gasteiger partial charge in [0.15, 0.2) is 0 Å². The van der Waals surface area contributed by atoms with Gasteiger partial charge >= 0.3 is 5.69 Å². The number of fused-ring (bicyclic) bond motifs is 5. The van der Waals surface area contributed by atoms with E-state index in [1.807, 2.05) is 53.1 Å². The molecule has 0 fully saturated rings. The van der Waals surface area contributed by atoms with E-state index in [4.69, 9.17) is 11.6 Å². The molecule has 0 spiro atoms. The van der Waals surface area contributed by atoms with Crippen molar-refractivity contribution in [2.24, 2.45) is 14.1 Å². The maximum absolute atomic E-state index is 13.6. The summed E-state index contributed by atoms with van der Waals surface area (Å²) in [6.07, 6.45) is 0. The molecule has 3 heterocycles. The summed E-state index contributed by atoms with van der Waals surface area (Å²) >= 11 is 6.18. The van der Waals surface area contributed by atoms with E-state index in [9.17, 15) is 14.7 Å². The lowest BCUT2D eigenvalue weighted by molar-refractivity contribution is 0.465. The van der Waals surface area contributed by atoms with Crippen molar-refractivity contribution >= 4 is 28.2 Å². The first-order chi connectivity index (χ1) is 16.9. The highest BCUT2D eigenvalue weighted by molar-refractivity contribution is 6.30. The number of benzene rings is 3. The number of aromatic nitrogens is 3. The highest BCUT2D eigenvalue weighted by Gasteiger charge is 2.35. The van der Waals surface area contributed by atoms with E-state index in [0.29, 0.717) is 32.9 Å². The van der Waals surface area contributed by atoms with Crippen LogP contribution in [0.5, 0.6) is 5.75 Å². The highest BCUT2D eigenvalue weighted by atomic mass is 35.5. The summed E-state index contributed by atoms with van der Waals surface area (Å²) in [7, 11) is 3.15. The maximum atomic E-state index is 13.6. The molecule has 174 valence electrons. The fourth-order valence-electron chi connectivity index (χ4n) is 5.06. The Labute approximate surface area is 205 Å². The Morgan fingerprint density at radius 2 is 1.57 bits per heavy atom. The van der Waals surface area contributed by atoms with Gasteiger partial charge in [-0.3, -0.25) is 13.9 Å². The Balaban J connectivity index is 1.88. The van der Waals surface area contributed by atoms with Crippen molar-refractivity contribution in [3.63, 3.8) is 0 Å². The third kappa shape index (κ3) is 2.98. The average Bonchev–Trinajstić information content (AvgIpc) is 3.23. The van der Waals surface area contributed by atoms with Crippen molar-refractivity contribution in [1.29, 1.82) is 0 Å². The van der Waals surface area contributed by atoms with Crippen molar-refractivity contribution in [1.82, 2.24) is 13.7 Å². The first-order valence-corrected chi connectivity index (χ1v) is 11.5. The SMILES string of the molecule is Cn1c(=O)c2c(-c3ccc(Cl)cc3)n3c(c2n(C)c1=O)[C@@H](c1ccccc1O)Nc1ccccc1-3. The Morgan fingerprint density at radius 1 is 0.886 bits per heavy atom. The van der Waals surface area contributed by atoms with Gasteiger partial charge in [0.05, 0.1) is 39.7 Å². The summed E-state index contributed by atoms with van der Waals surface area (Å²) in [5.41, 5.74) is 4.16. The van der Waals surface area contributed by atoms with E-state index in [-0.39, 0.29) is 11.3 Å². The summed E-state index contributed by atoms with van der Waals surface area (Å²) in [4.78, 5) is 26.7. The molecule has 0 radical (unpaired) electrons. The Bertz CT molecular complexity index is 1760. The summed E-state index contributed by atoms with van der Waals surface area (Å²) < 4.78 is 4.66.